The fourth-order valence-electron chi connectivity index (χ4n) is 2.41. The number of nitrogens with zero attached hydrogens (tertiary/aromatic N) is 2. The predicted molar refractivity (Wildman–Crippen MR) is 86.5 cm³/mol. The van der Waals surface area contributed by atoms with Crippen molar-refractivity contribution in [3.8, 4) is 5.75 Å². The average molecular weight is 333 g/mol. The molecule has 1 aliphatic heterocycles. The highest BCUT2D eigenvalue weighted by Gasteiger charge is 2.18. The molecule has 1 aromatic carbocycles. The molecule has 1 N–H and O–H groups in total. The van der Waals surface area contributed by atoms with E-state index in [1.54, 1.807) is 18.2 Å². The van der Waals surface area contributed by atoms with Crippen molar-refractivity contribution in [3.05, 3.63) is 28.2 Å². The van der Waals surface area contributed by atoms with Crippen LogP contribution in [0, 0.1) is 0 Å². The van der Waals surface area contributed by atoms with Crippen molar-refractivity contribution in [2.45, 2.75) is 13.0 Å². The van der Waals surface area contributed by atoms with E-state index in [0.717, 1.165) is 32.7 Å². The van der Waals surface area contributed by atoms with Gasteiger partial charge in [-0.05, 0) is 18.7 Å². The number of rotatable bonds is 6. The zero-order chi connectivity index (χ0) is 15.2. The summed E-state index contributed by atoms with van der Waals surface area (Å²) in [7, 11) is 0. The lowest BCUT2D eigenvalue weighted by molar-refractivity contribution is 0.0471. The molecule has 0 bridgehead atoms. The number of hydrogen-bond donors (Lipinski definition) is 1. The van der Waals surface area contributed by atoms with Crippen LogP contribution in [0.25, 0.3) is 0 Å². The summed E-state index contributed by atoms with van der Waals surface area (Å²) in [5, 5.41) is 11.2. The lowest BCUT2D eigenvalue weighted by atomic mass is 10.2. The van der Waals surface area contributed by atoms with Gasteiger partial charge in [-0.1, -0.05) is 30.1 Å². The van der Waals surface area contributed by atoms with Gasteiger partial charge in [0, 0.05) is 43.8 Å². The topological polar surface area (TPSA) is 35.9 Å². The summed E-state index contributed by atoms with van der Waals surface area (Å²) in [6, 6.07) is 5.06. The second kappa shape index (κ2) is 8.20. The minimum Gasteiger partial charge on any atom is -0.489 e. The Morgan fingerprint density at radius 1 is 1.19 bits per heavy atom. The van der Waals surface area contributed by atoms with Gasteiger partial charge in [0.2, 0.25) is 0 Å². The van der Waals surface area contributed by atoms with Crippen LogP contribution in [-0.2, 0) is 0 Å². The number of β-amino-alcohol motifs (C(OH)–C–C–N with tert-alkyl or cyclic N) is 1. The Kier molecular flexibility index (Phi) is 6.58. The molecule has 2 rings (SSSR count). The molecule has 1 saturated heterocycles. The van der Waals surface area contributed by atoms with Crippen molar-refractivity contribution < 1.29 is 9.84 Å². The van der Waals surface area contributed by atoms with Crippen molar-refractivity contribution in [3.63, 3.8) is 0 Å². The quantitative estimate of drug-likeness (QED) is 0.867. The van der Waals surface area contributed by atoms with E-state index in [-0.39, 0.29) is 6.61 Å². The lowest BCUT2D eigenvalue weighted by Crippen LogP contribution is -2.49. The molecule has 0 amide bonds. The third-order valence-corrected chi connectivity index (χ3v) is 4.25. The molecule has 0 radical (unpaired) electrons. The SMILES string of the molecule is CCN1CCN(C[C@H](O)COc2cc(Cl)ccc2Cl)CC1. The van der Waals surface area contributed by atoms with Crippen molar-refractivity contribution in [2.75, 3.05) is 45.9 Å². The normalized spacial score (nSPS) is 18.7. The average Bonchev–Trinajstić information content (AvgIpc) is 2.49. The van der Waals surface area contributed by atoms with E-state index < -0.39 is 6.10 Å². The van der Waals surface area contributed by atoms with E-state index in [0.29, 0.717) is 22.3 Å². The smallest absolute Gasteiger partial charge is 0.139 e. The van der Waals surface area contributed by atoms with Crippen molar-refractivity contribution >= 4 is 23.2 Å². The first-order chi connectivity index (χ1) is 10.1. The Hall–Kier alpha value is -0.520. The van der Waals surface area contributed by atoms with Gasteiger partial charge in [0.1, 0.15) is 18.5 Å². The standard InChI is InChI=1S/C15H22Cl2N2O2/c1-2-18-5-7-19(8-6-18)10-13(20)11-21-15-9-12(16)3-4-14(15)17/h3-4,9,13,20H,2,5-8,10-11H2,1H3/t13-/m0/s1. The molecule has 1 fully saturated rings. The van der Waals surface area contributed by atoms with Crippen molar-refractivity contribution in [2.24, 2.45) is 0 Å². The highest BCUT2D eigenvalue weighted by atomic mass is 35.5. The number of likely N-dealkylation sites (N-methyl/N-ethyl adjacent to an activating group) is 1. The van der Waals surface area contributed by atoms with Gasteiger partial charge in [0.15, 0.2) is 0 Å². The summed E-state index contributed by atoms with van der Waals surface area (Å²) in [6.45, 7) is 8.20. The summed E-state index contributed by atoms with van der Waals surface area (Å²) in [4.78, 5) is 4.67. The highest BCUT2D eigenvalue weighted by molar-refractivity contribution is 6.34. The fourth-order valence-corrected chi connectivity index (χ4v) is 2.75. The van der Waals surface area contributed by atoms with Crippen LogP contribution in [0.15, 0.2) is 18.2 Å². The van der Waals surface area contributed by atoms with Crippen molar-refractivity contribution in [1.29, 1.82) is 0 Å². The third kappa shape index (κ3) is 5.31. The molecular weight excluding hydrogens is 311 g/mol. The van der Waals surface area contributed by atoms with Gasteiger partial charge in [0.05, 0.1) is 5.02 Å². The Bertz CT molecular complexity index is 451. The van der Waals surface area contributed by atoms with Gasteiger partial charge in [-0.25, -0.2) is 0 Å². The minimum atomic E-state index is -0.534. The molecule has 1 aromatic rings. The van der Waals surface area contributed by atoms with Crippen LogP contribution >= 0.6 is 23.2 Å². The molecule has 1 heterocycles. The minimum absolute atomic E-state index is 0.216. The lowest BCUT2D eigenvalue weighted by Gasteiger charge is -2.34. The number of hydrogen-bond acceptors (Lipinski definition) is 4. The molecule has 0 aliphatic carbocycles. The molecule has 6 heteroatoms. The van der Waals surface area contributed by atoms with E-state index in [9.17, 15) is 5.11 Å². The van der Waals surface area contributed by atoms with E-state index >= 15 is 0 Å². The second-order valence-electron chi connectivity index (χ2n) is 5.27. The Morgan fingerprint density at radius 2 is 1.86 bits per heavy atom. The van der Waals surface area contributed by atoms with Gasteiger partial charge in [-0.2, -0.15) is 0 Å². The maximum atomic E-state index is 10.1. The van der Waals surface area contributed by atoms with Crippen LogP contribution in [0.5, 0.6) is 5.75 Å². The Morgan fingerprint density at radius 3 is 2.52 bits per heavy atom. The number of ether oxygens (including phenoxy) is 1. The zero-order valence-electron chi connectivity index (χ0n) is 12.3. The van der Waals surface area contributed by atoms with Gasteiger partial charge in [-0.3, -0.25) is 4.90 Å². The summed E-state index contributed by atoms with van der Waals surface area (Å²) >= 11 is 11.9. The molecule has 0 unspecified atom stereocenters. The first-order valence-electron chi connectivity index (χ1n) is 7.29. The van der Waals surface area contributed by atoms with Crippen LogP contribution in [-0.4, -0.2) is 66.9 Å². The summed E-state index contributed by atoms with van der Waals surface area (Å²) in [5.74, 6) is 0.513. The Balaban J connectivity index is 1.75. The maximum absolute atomic E-state index is 10.1. The second-order valence-corrected chi connectivity index (χ2v) is 6.12. The van der Waals surface area contributed by atoms with Gasteiger partial charge >= 0.3 is 0 Å². The first kappa shape index (κ1) is 16.8. The van der Waals surface area contributed by atoms with Crippen LogP contribution < -0.4 is 4.74 Å². The predicted octanol–water partition coefficient (Wildman–Crippen LogP) is 2.37. The molecule has 1 atom stereocenters. The third-order valence-electron chi connectivity index (χ3n) is 3.71. The molecule has 118 valence electrons. The van der Waals surface area contributed by atoms with Crippen molar-refractivity contribution in [1.82, 2.24) is 9.80 Å². The maximum Gasteiger partial charge on any atom is 0.139 e. The molecule has 0 saturated carbocycles. The molecular formula is C15H22Cl2N2O2. The van der Waals surface area contributed by atoms with Gasteiger partial charge in [-0.15, -0.1) is 0 Å². The summed E-state index contributed by atoms with van der Waals surface area (Å²) in [6.07, 6.45) is -0.534. The number of aliphatic hydroxyl groups is 1. The first-order valence-corrected chi connectivity index (χ1v) is 8.04. The number of benzene rings is 1. The summed E-state index contributed by atoms with van der Waals surface area (Å²) in [5.41, 5.74) is 0. The van der Waals surface area contributed by atoms with Gasteiger partial charge < -0.3 is 14.7 Å². The van der Waals surface area contributed by atoms with Crippen LogP contribution in [0.4, 0.5) is 0 Å². The molecule has 1 aliphatic rings. The monoisotopic (exact) mass is 332 g/mol. The number of piperazine rings is 1. The van der Waals surface area contributed by atoms with E-state index in [4.69, 9.17) is 27.9 Å². The van der Waals surface area contributed by atoms with E-state index in [1.165, 1.54) is 0 Å². The number of halogens is 2. The molecule has 0 aromatic heterocycles. The van der Waals surface area contributed by atoms with E-state index in [1.807, 2.05) is 0 Å². The molecule has 0 spiro atoms. The van der Waals surface area contributed by atoms with Crippen LogP contribution in [0.2, 0.25) is 10.0 Å². The summed E-state index contributed by atoms with van der Waals surface area (Å²) < 4.78 is 5.56. The Labute approximate surface area is 136 Å². The highest BCUT2D eigenvalue weighted by Crippen LogP contribution is 2.27. The fraction of sp³-hybridized carbons (Fsp3) is 0.600. The molecule has 4 nitrogen and oxygen atoms in total. The van der Waals surface area contributed by atoms with Gasteiger partial charge in [0.25, 0.3) is 0 Å². The zero-order valence-corrected chi connectivity index (χ0v) is 13.8. The van der Waals surface area contributed by atoms with Crippen LogP contribution in [0.1, 0.15) is 6.92 Å². The number of aliphatic hydroxyl groups excluding tert-OH is 1. The van der Waals surface area contributed by atoms with E-state index in [2.05, 4.69) is 16.7 Å². The largest absolute Gasteiger partial charge is 0.489 e. The van der Waals surface area contributed by atoms with Crippen LogP contribution in [0.3, 0.4) is 0 Å². The molecule has 21 heavy (non-hydrogen) atoms.